The van der Waals surface area contributed by atoms with Crippen LogP contribution < -0.4 is 5.32 Å². The van der Waals surface area contributed by atoms with E-state index < -0.39 is 0 Å². The molecule has 0 aliphatic heterocycles. The van der Waals surface area contributed by atoms with E-state index in [9.17, 15) is 0 Å². The molecule has 0 aromatic heterocycles. The first-order chi connectivity index (χ1) is 7.11. The summed E-state index contributed by atoms with van der Waals surface area (Å²) >= 11 is 0. The van der Waals surface area contributed by atoms with E-state index in [0.29, 0.717) is 5.92 Å². The number of aliphatic hydroxyl groups is 1. The average Bonchev–Trinajstić information content (AvgIpc) is 2.16. The predicted molar refractivity (Wildman–Crippen MR) is 64.8 cm³/mol. The van der Waals surface area contributed by atoms with Gasteiger partial charge in [-0.05, 0) is 50.6 Å². The zero-order chi connectivity index (χ0) is 11.3. The molecule has 88 valence electrons. The first-order valence-electron chi connectivity index (χ1n) is 6.10. The van der Waals surface area contributed by atoms with Crippen molar-refractivity contribution in [2.75, 3.05) is 19.7 Å². The van der Waals surface area contributed by atoms with Crippen LogP contribution >= 0.6 is 0 Å². The van der Waals surface area contributed by atoms with Gasteiger partial charge in [-0.2, -0.15) is 0 Å². The summed E-state index contributed by atoms with van der Waals surface area (Å²) in [7, 11) is 0. The highest BCUT2D eigenvalue weighted by Crippen LogP contribution is 2.27. The summed E-state index contributed by atoms with van der Waals surface area (Å²) in [5, 5.41) is 12.4. The standard InChI is InChI=1S/C13H25NO/c1-10-4-11(2)6-13(5-10)8-14-7-12(3)9-15/h4,10,12-15H,5-9H2,1-3H3. The molecule has 3 atom stereocenters. The van der Waals surface area contributed by atoms with Crippen molar-refractivity contribution in [3.63, 3.8) is 0 Å². The van der Waals surface area contributed by atoms with Crippen LogP contribution in [0.1, 0.15) is 33.6 Å². The molecule has 0 heterocycles. The van der Waals surface area contributed by atoms with Crippen LogP contribution in [0.2, 0.25) is 0 Å². The Labute approximate surface area is 93.8 Å². The largest absolute Gasteiger partial charge is 0.396 e. The van der Waals surface area contributed by atoms with Crippen LogP contribution in [0.5, 0.6) is 0 Å². The molecule has 2 nitrogen and oxygen atoms in total. The third kappa shape index (κ3) is 4.80. The highest BCUT2D eigenvalue weighted by Gasteiger charge is 2.17. The molecule has 0 fully saturated rings. The van der Waals surface area contributed by atoms with Gasteiger partial charge in [0, 0.05) is 6.61 Å². The summed E-state index contributed by atoms with van der Waals surface area (Å²) in [6.45, 7) is 8.92. The molecular formula is C13H25NO. The van der Waals surface area contributed by atoms with Gasteiger partial charge < -0.3 is 10.4 Å². The fourth-order valence-electron chi connectivity index (χ4n) is 2.44. The van der Waals surface area contributed by atoms with Crippen LogP contribution in [-0.2, 0) is 0 Å². The van der Waals surface area contributed by atoms with Gasteiger partial charge in [-0.3, -0.25) is 0 Å². The van der Waals surface area contributed by atoms with Gasteiger partial charge in [-0.1, -0.05) is 25.5 Å². The topological polar surface area (TPSA) is 32.3 Å². The van der Waals surface area contributed by atoms with Crippen molar-refractivity contribution in [1.29, 1.82) is 0 Å². The number of nitrogens with one attached hydrogen (secondary N) is 1. The van der Waals surface area contributed by atoms with E-state index in [1.165, 1.54) is 18.4 Å². The van der Waals surface area contributed by atoms with E-state index in [0.717, 1.165) is 24.9 Å². The molecule has 0 saturated carbocycles. The van der Waals surface area contributed by atoms with Gasteiger partial charge in [0.25, 0.3) is 0 Å². The van der Waals surface area contributed by atoms with Gasteiger partial charge in [0.1, 0.15) is 0 Å². The lowest BCUT2D eigenvalue weighted by Gasteiger charge is -2.26. The molecule has 2 N–H and O–H groups in total. The lowest BCUT2D eigenvalue weighted by molar-refractivity contribution is 0.230. The lowest BCUT2D eigenvalue weighted by Crippen LogP contribution is -2.30. The minimum atomic E-state index is 0.285. The molecule has 15 heavy (non-hydrogen) atoms. The Balaban J connectivity index is 2.20. The molecule has 0 saturated heterocycles. The maximum Gasteiger partial charge on any atom is 0.0468 e. The fourth-order valence-corrected chi connectivity index (χ4v) is 2.44. The van der Waals surface area contributed by atoms with Gasteiger partial charge >= 0.3 is 0 Å². The molecule has 1 rings (SSSR count). The molecule has 0 aromatic carbocycles. The zero-order valence-electron chi connectivity index (χ0n) is 10.3. The second-order valence-corrected chi connectivity index (χ2v) is 5.24. The highest BCUT2D eigenvalue weighted by molar-refractivity contribution is 5.06. The molecule has 3 unspecified atom stereocenters. The van der Waals surface area contributed by atoms with Crippen molar-refractivity contribution in [3.05, 3.63) is 11.6 Å². The second kappa shape index (κ2) is 6.29. The van der Waals surface area contributed by atoms with Gasteiger partial charge in [0.15, 0.2) is 0 Å². The van der Waals surface area contributed by atoms with Gasteiger partial charge in [-0.15, -0.1) is 0 Å². The summed E-state index contributed by atoms with van der Waals surface area (Å²) in [5.74, 6) is 1.90. The molecule has 2 heteroatoms. The maximum absolute atomic E-state index is 8.91. The molecule has 1 aliphatic carbocycles. The van der Waals surface area contributed by atoms with Crippen LogP contribution in [0.3, 0.4) is 0 Å². The monoisotopic (exact) mass is 211 g/mol. The van der Waals surface area contributed by atoms with Crippen molar-refractivity contribution in [2.24, 2.45) is 17.8 Å². The quantitative estimate of drug-likeness (QED) is 0.683. The summed E-state index contributed by atoms with van der Waals surface area (Å²) < 4.78 is 0. The number of aliphatic hydroxyl groups excluding tert-OH is 1. The average molecular weight is 211 g/mol. The Bertz CT molecular complexity index is 213. The Hall–Kier alpha value is -0.340. The van der Waals surface area contributed by atoms with Crippen molar-refractivity contribution in [1.82, 2.24) is 5.32 Å². The van der Waals surface area contributed by atoms with Gasteiger partial charge in [0.2, 0.25) is 0 Å². The summed E-state index contributed by atoms with van der Waals surface area (Å²) in [5.41, 5.74) is 1.54. The highest BCUT2D eigenvalue weighted by atomic mass is 16.3. The number of rotatable bonds is 5. The molecule has 0 aromatic rings. The van der Waals surface area contributed by atoms with E-state index in [-0.39, 0.29) is 6.61 Å². The Morgan fingerprint density at radius 1 is 1.60 bits per heavy atom. The predicted octanol–water partition coefficient (Wildman–Crippen LogP) is 2.20. The van der Waals surface area contributed by atoms with Crippen molar-refractivity contribution < 1.29 is 5.11 Å². The van der Waals surface area contributed by atoms with E-state index in [2.05, 4.69) is 32.2 Å². The van der Waals surface area contributed by atoms with Crippen LogP contribution in [0.25, 0.3) is 0 Å². The lowest BCUT2D eigenvalue weighted by atomic mass is 9.84. The zero-order valence-corrected chi connectivity index (χ0v) is 10.3. The van der Waals surface area contributed by atoms with Gasteiger partial charge in [0.05, 0.1) is 0 Å². The second-order valence-electron chi connectivity index (χ2n) is 5.24. The molecule has 0 spiro atoms. The van der Waals surface area contributed by atoms with E-state index >= 15 is 0 Å². The Morgan fingerprint density at radius 2 is 2.33 bits per heavy atom. The SMILES string of the molecule is CC1=CC(C)CC(CNCC(C)CO)C1. The number of hydrogen-bond donors (Lipinski definition) is 2. The number of allylic oxidation sites excluding steroid dienone is 2. The Kier molecular flexibility index (Phi) is 5.34. The maximum atomic E-state index is 8.91. The third-order valence-corrected chi connectivity index (χ3v) is 3.12. The smallest absolute Gasteiger partial charge is 0.0468 e. The number of hydrogen-bond acceptors (Lipinski definition) is 2. The summed E-state index contributed by atoms with van der Waals surface area (Å²) in [6, 6.07) is 0. The van der Waals surface area contributed by atoms with Crippen LogP contribution in [-0.4, -0.2) is 24.8 Å². The van der Waals surface area contributed by atoms with Crippen molar-refractivity contribution >= 4 is 0 Å². The normalized spacial score (nSPS) is 28.7. The van der Waals surface area contributed by atoms with Crippen molar-refractivity contribution in [2.45, 2.75) is 33.6 Å². The Morgan fingerprint density at radius 3 is 2.93 bits per heavy atom. The fraction of sp³-hybridized carbons (Fsp3) is 0.846. The van der Waals surface area contributed by atoms with Gasteiger partial charge in [-0.25, -0.2) is 0 Å². The first kappa shape index (κ1) is 12.7. The van der Waals surface area contributed by atoms with E-state index in [1.807, 2.05) is 0 Å². The minimum absolute atomic E-state index is 0.285. The molecule has 0 bridgehead atoms. The van der Waals surface area contributed by atoms with E-state index in [1.54, 1.807) is 0 Å². The summed E-state index contributed by atoms with van der Waals surface area (Å²) in [6.07, 6.45) is 4.94. The third-order valence-electron chi connectivity index (χ3n) is 3.12. The minimum Gasteiger partial charge on any atom is -0.396 e. The molecule has 0 amide bonds. The van der Waals surface area contributed by atoms with Crippen LogP contribution in [0.15, 0.2) is 11.6 Å². The summed E-state index contributed by atoms with van der Waals surface area (Å²) in [4.78, 5) is 0. The van der Waals surface area contributed by atoms with Crippen LogP contribution in [0.4, 0.5) is 0 Å². The van der Waals surface area contributed by atoms with E-state index in [4.69, 9.17) is 5.11 Å². The molecule has 0 radical (unpaired) electrons. The molecular weight excluding hydrogens is 186 g/mol. The van der Waals surface area contributed by atoms with Crippen LogP contribution in [0, 0.1) is 17.8 Å². The van der Waals surface area contributed by atoms with Crippen molar-refractivity contribution in [3.8, 4) is 0 Å². The molecule has 1 aliphatic rings. The first-order valence-corrected chi connectivity index (χ1v) is 6.10.